The molecule has 0 rings (SSSR count). The van der Waals surface area contributed by atoms with Crippen molar-refractivity contribution < 1.29 is 22.1 Å². The Morgan fingerprint density at radius 2 is 0.952 bits per heavy atom. The molecule has 0 unspecified atom stereocenters. The van der Waals surface area contributed by atoms with Gasteiger partial charge in [-0.05, 0) is 53.4 Å². The van der Waals surface area contributed by atoms with E-state index in [2.05, 4.69) is 19.7 Å². The van der Waals surface area contributed by atoms with Crippen LogP contribution >= 0.6 is 0 Å². The maximum atomic E-state index is 5.44. The average Bonchev–Trinajstić information content (AvgIpc) is 2.40. The summed E-state index contributed by atoms with van der Waals surface area (Å²) in [5.74, 6) is 0. The number of hydrogen-bond donors (Lipinski definition) is 0. The van der Waals surface area contributed by atoms with E-state index in [1.54, 1.807) is 5.70 Å². The molecule has 0 saturated heterocycles. The van der Waals surface area contributed by atoms with Crippen LogP contribution in [0, 0.1) is 0 Å². The summed E-state index contributed by atoms with van der Waals surface area (Å²) in [5.41, 5.74) is 1.67. The van der Waals surface area contributed by atoms with Gasteiger partial charge in [0.05, 0.1) is 0 Å². The molecule has 0 bridgehead atoms. The lowest BCUT2D eigenvalue weighted by atomic mass is 10.9. The molecule has 128 valence electrons. The van der Waals surface area contributed by atoms with Crippen LogP contribution in [-0.4, -0.2) is 50.4 Å². The fourth-order valence-corrected chi connectivity index (χ4v) is 4.93. The molecule has 0 aromatic heterocycles. The van der Waals surface area contributed by atoms with Crippen molar-refractivity contribution in [1.29, 1.82) is 0 Å². The predicted octanol–water partition coefficient (Wildman–Crippen LogP) is 3.52. The molecular formula is C14H34O5Si2. The average molecular weight is 339 g/mol. The first-order valence-corrected chi connectivity index (χ1v) is 12.3. The largest absolute Gasteiger partial charge is 0.528 e. The van der Waals surface area contributed by atoms with E-state index in [-0.39, 0.29) is 0 Å². The Hall–Kier alpha value is -0.0262. The highest BCUT2D eigenvalue weighted by atomic mass is 28.4. The highest BCUT2D eigenvalue weighted by molar-refractivity contribution is 6.66. The third-order valence-electron chi connectivity index (χ3n) is 2.27. The molecule has 5 nitrogen and oxygen atoms in total. The van der Waals surface area contributed by atoms with Crippen molar-refractivity contribution >= 4 is 17.4 Å². The molecule has 0 aliphatic carbocycles. The van der Waals surface area contributed by atoms with E-state index < -0.39 is 17.4 Å². The van der Waals surface area contributed by atoms with Crippen molar-refractivity contribution in [3.8, 4) is 0 Å². The predicted molar refractivity (Wildman–Crippen MR) is 91.6 cm³/mol. The van der Waals surface area contributed by atoms with Crippen molar-refractivity contribution in [3.63, 3.8) is 0 Å². The second-order valence-corrected chi connectivity index (χ2v) is 10.2. The Morgan fingerprint density at radius 3 is 1.14 bits per heavy atom. The topological polar surface area (TPSA) is 46.2 Å². The Labute approximate surface area is 133 Å². The van der Waals surface area contributed by atoms with Crippen LogP contribution in [0.15, 0.2) is 12.3 Å². The minimum absolute atomic E-state index is 0.595. The Balaban J connectivity index is 0. The fraction of sp³-hybridized carbons (Fsp3) is 0.857. The molecule has 0 fully saturated rings. The Bertz CT molecular complexity index is 224. The van der Waals surface area contributed by atoms with Gasteiger partial charge in [0.15, 0.2) is 0 Å². The highest BCUT2D eigenvalue weighted by Crippen LogP contribution is 2.10. The normalized spacial score (nSPS) is 11.8. The summed E-state index contributed by atoms with van der Waals surface area (Å²) in [6.45, 7) is 20.8. The number of rotatable bonds is 11. The molecule has 0 N–H and O–H groups in total. The molecule has 0 saturated carbocycles. The van der Waals surface area contributed by atoms with E-state index in [1.165, 1.54) is 0 Å². The molecule has 7 heteroatoms. The lowest BCUT2D eigenvalue weighted by molar-refractivity contribution is 0.0844. The van der Waals surface area contributed by atoms with Crippen molar-refractivity contribution in [1.82, 2.24) is 0 Å². The summed E-state index contributed by atoms with van der Waals surface area (Å²) in [5, 5.41) is 0. The first-order chi connectivity index (χ1) is 9.86. The molecule has 0 aliphatic rings. The SMILES string of the molecule is C=C[Si](OCC)(OCC)OCC.CCO[Si](C)(C)OCC. The smallest absolute Gasteiger partial charge is 0.395 e. The zero-order valence-corrected chi connectivity index (χ0v) is 16.9. The third kappa shape index (κ3) is 12.2. The van der Waals surface area contributed by atoms with Crippen molar-refractivity contribution in [2.75, 3.05) is 33.0 Å². The molecule has 0 heterocycles. The van der Waals surface area contributed by atoms with E-state index in [1.807, 2.05) is 34.6 Å². The quantitative estimate of drug-likeness (QED) is 0.539. The summed E-state index contributed by atoms with van der Waals surface area (Å²) in [6, 6.07) is 0. The lowest BCUT2D eigenvalue weighted by Gasteiger charge is -2.24. The summed E-state index contributed by atoms with van der Waals surface area (Å²) < 4.78 is 27.1. The van der Waals surface area contributed by atoms with Crippen LogP contribution in [-0.2, 0) is 22.1 Å². The van der Waals surface area contributed by atoms with Crippen LogP contribution in [0.3, 0.4) is 0 Å². The van der Waals surface area contributed by atoms with Gasteiger partial charge in [-0.3, -0.25) is 0 Å². The van der Waals surface area contributed by atoms with Crippen molar-refractivity contribution in [3.05, 3.63) is 12.3 Å². The monoisotopic (exact) mass is 338 g/mol. The van der Waals surface area contributed by atoms with E-state index in [9.17, 15) is 0 Å². The first kappa shape index (κ1) is 23.2. The molecule has 0 aliphatic heterocycles. The Kier molecular flexibility index (Phi) is 15.1. The van der Waals surface area contributed by atoms with Crippen LogP contribution in [0.1, 0.15) is 34.6 Å². The van der Waals surface area contributed by atoms with Crippen molar-refractivity contribution in [2.24, 2.45) is 0 Å². The molecule has 21 heavy (non-hydrogen) atoms. The van der Waals surface area contributed by atoms with E-state index in [0.717, 1.165) is 13.2 Å². The van der Waals surface area contributed by atoms with Gasteiger partial charge in [-0.2, -0.15) is 0 Å². The van der Waals surface area contributed by atoms with Gasteiger partial charge >= 0.3 is 17.4 Å². The minimum atomic E-state index is -2.51. The van der Waals surface area contributed by atoms with Crippen molar-refractivity contribution in [2.45, 2.75) is 47.7 Å². The zero-order chi connectivity index (χ0) is 16.8. The standard InChI is InChI=1S/C8H18O3Si.C6H16O2Si/c1-5-9-12(8-4,10-6-2)11-7-3;1-5-7-9(3,4)8-6-2/h8H,4-7H2,1-3H3;5-6H2,1-4H3. The zero-order valence-electron chi connectivity index (χ0n) is 14.9. The van der Waals surface area contributed by atoms with Gasteiger partial charge < -0.3 is 22.1 Å². The summed E-state index contributed by atoms with van der Waals surface area (Å²) in [6.07, 6.45) is 0. The van der Waals surface area contributed by atoms with Crippen LogP contribution in [0.25, 0.3) is 0 Å². The Morgan fingerprint density at radius 1 is 0.667 bits per heavy atom. The fourth-order valence-electron chi connectivity index (χ4n) is 1.64. The minimum Gasteiger partial charge on any atom is -0.395 e. The molecule has 0 aromatic rings. The highest BCUT2D eigenvalue weighted by Gasteiger charge is 2.36. The van der Waals surface area contributed by atoms with Gasteiger partial charge in [0.2, 0.25) is 0 Å². The van der Waals surface area contributed by atoms with Crippen LogP contribution < -0.4 is 0 Å². The van der Waals surface area contributed by atoms with Gasteiger partial charge in [0.1, 0.15) is 0 Å². The maximum Gasteiger partial charge on any atom is 0.528 e. The maximum absolute atomic E-state index is 5.44. The van der Waals surface area contributed by atoms with Gasteiger partial charge in [-0.15, -0.1) is 0 Å². The van der Waals surface area contributed by atoms with Gasteiger partial charge in [-0.25, -0.2) is 0 Å². The molecule has 0 atom stereocenters. The van der Waals surface area contributed by atoms with Crippen LogP contribution in [0.4, 0.5) is 0 Å². The summed E-state index contributed by atoms with van der Waals surface area (Å²) >= 11 is 0. The molecular weight excluding hydrogens is 304 g/mol. The van der Waals surface area contributed by atoms with E-state index in [4.69, 9.17) is 22.1 Å². The van der Waals surface area contributed by atoms with Gasteiger partial charge in [0.25, 0.3) is 0 Å². The van der Waals surface area contributed by atoms with Crippen LogP contribution in [0.2, 0.25) is 13.1 Å². The van der Waals surface area contributed by atoms with E-state index in [0.29, 0.717) is 19.8 Å². The molecule has 0 spiro atoms. The summed E-state index contributed by atoms with van der Waals surface area (Å²) in [7, 11) is -4.21. The lowest BCUT2D eigenvalue weighted by Crippen LogP contribution is -2.44. The molecule has 0 radical (unpaired) electrons. The van der Waals surface area contributed by atoms with Gasteiger partial charge in [0, 0.05) is 33.0 Å². The summed E-state index contributed by atoms with van der Waals surface area (Å²) in [4.78, 5) is 0. The third-order valence-corrected chi connectivity index (χ3v) is 6.81. The molecule has 0 amide bonds. The van der Waals surface area contributed by atoms with Gasteiger partial charge in [-0.1, -0.05) is 6.58 Å². The molecule has 0 aromatic carbocycles. The van der Waals surface area contributed by atoms with E-state index >= 15 is 0 Å². The second-order valence-electron chi connectivity index (χ2n) is 4.37. The van der Waals surface area contributed by atoms with Crippen LogP contribution in [0.5, 0.6) is 0 Å². The second kappa shape index (κ2) is 13.6. The first-order valence-electron chi connectivity index (χ1n) is 7.70. The number of hydrogen-bond acceptors (Lipinski definition) is 5.